The summed E-state index contributed by atoms with van der Waals surface area (Å²) in [5.74, 6) is 0.802. The first-order chi connectivity index (χ1) is 11.9. The number of fused-ring (bicyclic) bond motifs is 1. The number of imidazole rings is 1. The Morgan fingerprint density at radius 3 is 2.44 bits per heavy atom. The van der Waals surface area contributed by atoms with Crippen LogP contribution in [0.5, 0.6) is 0 Å². The number of nitrogens with one attached hydrogen (secondary N) is 1. The van der Waals surface area contributed by atoms with Gasteiger partial charge in [-0.2, -0.15) is 4.31 Å². The average Bonchev–Trinajstić information content (AvgIpc) is 2.96. The molecule has 1 aliphatic rings. The van der Waals surface area contributed by atoms with Gasteiger partial charge < -0.3 is 4.98 Å². The summed E-state index contributed by atoms with van der Waals surface area (Å²) in [4.78, 5) is 19.3. The molecule has 1 N–H and O–H groups in total. The fraction of sp³-hybridized carbons (Fsp3) is 0.222. The van der Waals surface area contributed by atoms with Crippen molar-refractivity contribution >= 4 is 26.8 Å². The van der Waals surface area contributed by atoms with Crippen LogP contribution >= 0.6 is 0 Å². The number of hydrogen-bond donors (Lipinski definition) is 1. The van der Waals surface area contributed by atoms with Gasteiger partial charge >= 0.3 is 0 Å². The van der Waals surface area contributed by atoms with Gasteiger partial charge in [0.15, 0.2) is 5.78 Å². The Morgan fingerprint density at radius 1 is 1.12 bits per heavy atom. The number of rotatable bonds is 4. The van der Waals surface area contributed by atoms with Crippen LogP contribution in [0.4, 0.5) is 0 Å². The monoisotopic (exact) mass is 355 g/mol. The van der Waals surface area contributed by atoms with Crippen molar-refractivity contribution in [2.45, 2.75) is 17.7 Å². The SMILES string of the molecule is CC(=O)c1ccc(S(=O)(=O)N2CC(c3nc4ccccc4[nH]3)C2)cc1. The maximum absolute atomic E-state index is 12.7. The topological polar surface area (TPSA) is 83.1 Å². The van der Waals surface area contributed by atoms with E-state index in [0.29, 0.717) is 18.7 Å². The number of nitrogens with zero attached hydrogens (tertiary/aromatic N) is 2. The maximum atomic E-state index is 12.7. The van der Waals surface area contributed by atoms with E-state index in [1.165, 1.54) is 23.4 Å². The van der Waals surface area contributed by atoms with Gasteiger partial charge in [0, 0.05) is 24.6 Å². The molecule has 2 heterocycles. The van der Waals surface area contributed by atoms with Crippen LogP contribution in [0.2, 0.25) is 0 Å². The van der Waals surface area contributed by atoms with Crippen LogP contribution in [0.25, 0.3) is 11.0 Å². The minimum Gasteiger partial charge on any atom is -0.342 e. The summed E-state index contributed by atoms with van der Waals surface area (Å²) in [5, 5.41) is 0. The molecular weight excluding hydrogens is 338 g/mol. The highest BCUT2D eigenvalue weighted by atomic mass is 32.2. The highest BCUT2D eigenvalue weighted by Gasteiger charge is 2.38. The third-order valence-corrected chi connectivity index (χ3v) is 6.39. The standard InChI is InChI=1S/C18H17N3O3S/c1-12(22)13-6-8-15(9-7-13)25(23,24)21-10-14(11-21)18-19-16-4-2-3-5-17(16)20-18/h2-9,14H,10-11H2,1H3,(H,19,20). The van der Waals surface area contributed by atoms with Crippen molar-refractivity contribution in [1.82, 2.24) is 14.3 Å². The molecule has 0 saturated carbocycles. The zero-order chi connectivity index (χ0) is 17.6. The Balaban J connectivity index is 1.51. The number of aromatic amines is 1. The number of carbonyl (C=O) groups excluding carboxylic acids is 1. The quantitative estimate of drug-likeness (QED) is 0.729. The number of para-hydroxylation sites is 2. The van der Waals surface area contributed by atoms with Crippen molar-refractivity contribution in [1.29, 1.82) is 0 Å². The van der Waals surface area contributed by atoms with Crippen LogP contribution in [-0.4, -0.2) is 41.6 Å². The van der Waals surface area contributed by atoms with E-state index >= 15 is 0 Å². The fourth-order valence-corrected chi connectivity index (χ4v) is 4.51. The largest absolute Gasteiger partial charge is 0.342 e. The van der Waals surface area contributed by atoms with Crippen LogP contribution in [0.3, 0.4) is 0 Å². The lowest BCUT2D eigenvalue weighted by Gasteiger charge is -2.36. The molecule has 25 heavy (non-hydrogen) atoms. The Bertz CT molecular complexity index is 1020. The van der Waals surface area contributed by atoms with Gasteiger partial charge in [-0.3, -0.25) is 4.79 Å². The predicted molar refractivity (Wildman–Crippen MR) is 94.0 cm³/mol. The van der Waals surface area contributed by atoms with Gasteiger partial charge in [0.05, 0.1) is 15.9 Å². The molecule has 0 unspecified atom stereocenters. The highest BCUT2D eigenvalue weighted by Crippen LogP contribution is 2.31. The molecule has 0 radical (unpaired) electrons. The Hall–Kier alpha value is -2.51. The summed E-state index contributed by atoms with van der Waals surface area (Å²) in [6.07, 6.45) is 0. The Labute approximate surface area is 145 Å². The summed E-state index contributed by atoms with van der Waals surface area (Å²) in [6.45, 7) is 2.25. The molecule has 7 heteroatoms. The van der Waals surface area contributed by atoms with Gasteiger partial charge in [0.25, 0.3) is 0 Å². The lowest BCUT2D eigenvalue weighted by molar-refractivity contribution is 0.101. The molecule has 0 atom stereocenters. The van der Waals surface area contributed by atoms with Gasteiger partial charge in [-0.05, 0) is 31.2 Å². The van der Waals surface area contributed by atoms with Gasteiger partial charge in [-0.25, -0.2) is 13.4 Å². The second kappa shape index (κ2) is 5.79. The molecule has 1 aromatic heterocycles. The highest BCUT2D eigenvalue weighted by molar-refractivity contribution is 7.89. The zero-order valence-electron chi connectivity index (χ0n) is 13.6. The molecule has 0 bridgehead atoms. The molecule has 4 rings (SSSR count). The first-order valence-electron chi connectivity index (χ1n) is 8.01. The smallest absolute Gasteiger partial charge is 0.243 e. The first-order valence-corrected chi connectivity index (χ1v) is 9.45. The molecule has 3 aromatic rings. The van der Waals surface area contributed by atoms with Crippen LogP contribution in [0, 0.1) is 0 Å². The minimum atomic E-state index is -3.54. The molecule has 0 aliphatic carbocycles. The van der Waals surface area contributed by atoms with Crippen LogP contribution in [-0.2, 0) is 10.0 Å². The van der Waals surface area contributed by atoms with Crippen molar-refractivity contribution in [2.24, 2.45) is 0 Å². The van der Waals surface area contributed by atoms with Gasteiger partial charge in [0.2, 0.25) is 10.0 Å². The number of hydrogen-bond acceptors (Lipinski definition) is 4. The number of aromatic nitrogens is 2. The lowest BCUT2D eigenvalue weighted by Crippen LogP contribution is -2.48. The molecule has 6 nitrogen and oxygen atoms in total. The lowest BCUT2D eigenvalue weighted by atomic mass is 10.0. The summed E-state index contributed by atoms with van der Waals surface area (Å²) >= 11 is 0. The van der Waals surface area contributed by atoms with E-state index in [0.717, 1.165) is 16.9 Å². The van der Waals surface area contributed by atoms with E-state index in [1.54, 1.807) is 12.1 Å². The Kier molecular flexibility index (Phi) is 3.70. The fourth-order valence-electron chi connectivity index (χ4n) is 2.98. The first kappa shape index (κ1) is 16.0. The molecular formula is C18H17N3O3S. The van der Waals surface area contributed by atoms with Crippen LogP contribution < -0.4 is 0 Å². The van der Waals surface area contributed by atoms with Crippen LogP contribution in [0.15, 0.2) is 53.4 Å². The molecule has 0 spiro atoms. The summed E-state index contributed by atoms with van der Waals surface area (Å²) in [7, 11) is -3.54. The Morgan fingerprint density at radius 2 is 1.80 bits per heavy atom. The van der Waals surface area contributed by atoms with E-state index in [4.69, 9.17) is 0 Å². The summed E-state index contributed by atoms with van der Waals surface area (Å²) in [6, 6.07) is 13.8. The second-order valence-electron chi connectivity index (χ2n) is 6.24. The van der Waals surface area contributed by atoms with Crippen molar-refractivity contribution < 1.29 is 13.2 Å². The normalized spacial score (nSPS) is 16.0. The molecule has 1 aliphatic heterocycles. The number of benzene rings is 2. The van der Waals surface area contributed by atoms with E-state index in [9.17, 15) is 13.2 Å². The van der Waals surface area contributed by atoms with E-state index in [1.807, 2.05) is 24.3 Å². The van der Waals surface area contributed by atoms with Crippen molar-refractivity contribution in [3.05, 3.63) is 59.9 Å². The second-order valence-corrected chi connectivity index (χ2v) is 8.18. The number of carbonyl (C=O) groups is 1. The van der Waals surface area contributed by atoms with Crippen molar-refractivity contribution in [2.75, 3.05) is 13.1 Å². The molecule has 1 saturated heterocycles. The minimum absolute atomic E-state index is 0.0682. The van der Waals surface area contributed by atoms with Crippen molar-refractivity contribution in [3.8, 4) is 0 Å². The summed E-state index contributed by atoms with van der Waals surface area (Å²) in [5.41, 5.74) is 2.35. The molecule has 128 valence electrons. The number of sulfonamides is 1. The van der Waals surface area contributed by atoms with E-state index < -0.39 is 10.0 Å². The summed E-state index contributed by atoms with van der Waals surface area (Å²) < 4.78 is 26.7. The van der Waals surface area contributed by atoms with E-state index in [2.05, 4.69) is 9.97 Å². The van der Waals surface area contributed by atoms with Gasteiger partial charge in [-0.15, -0.1) is 0 Å². The number of H-pyrrole nitrogens is 1. The predicted octanol–water partition coefficient (Wildman–Crippen LogP) is 2.55. The third-order valence-electron chi connectivity index (χ3n) is 4.54. The number of ketones is 1. The maximum Gasteiger partial charge on any atom is 0.243 e. The zero-order valence-corrected chi connectivity index (χ0v) is 14.5. The van der Waals surface area contributed by atoms with Gasteiger partial charge in [-0.1, -0.05) is 24.3 Å². The van der Waals surface area contributed by atoms with E-state index in [-0.39, 0.29) is 16.6 Å². The van der Waals surface area contributed by atoms with Crippen molar-refractivity contribution in [3.63, 3.8) is 0 Å². The average molecular weight is 355 g/mol. The third kappa shape index (κ3) is 2.75. The van der Waals surface area contributed by atoms with Gasteiger partial charge in [0.1, 0.15) is 5.82 Å². The molecule has 0 amide bonds. The molecule has 2 aromatic carbocycles. The molecule has 1 fully saturated rings. The number of Topliss-reactive ketones (excluding diaryl/α,β-unsaturated/α-hetero) is 1. The van der Waals surface area contributed by atoms with Crippen LogP contribution in [0.1, 0.15) is 29.0 Å².